The first-order chi connectivity index (χ1) is 14.6. The van der Waals surface area contributed by atoms with Crippen molar-refractivity contribution in [3.8, 4) is 11.3 Å². The van der Waals surface area contributed by atoms with Gasteiger partial charge in [-0.25, -0.2) is 9.18 Å². The van der Waals surface area contributed by atoms with E-state index in [4.69, 9.17) is 0 Å². The molecule has 1 aromatic heterocycles. The fourth-order valence-corrected chi connectivity index (χ4v) is 3.43. The third kappa shape index (κ3) is 4.56. The van der Waals surface area contributed by atoms with Gasteiger partial charge in [-0.3, -0.25) is 0 Å². The van der Waals surface area contributed by atoms with Crippen molar-refractivity contribution >= 4 is 17.5 Å². The zero-order valence-corrected chi connectivity index (χ0v) is 16.9. The maximum absolute atomic E-state index is 13.1. The number of urea groups is 1. The number of aryl methyl sites for hydroxylation is 1. The second-order valence-electron chi connectivity index (χ2n) is 7.24. The van der Waals surface area contributed by atoms with Gasteiger partial charge in [0.25, 0.3) is 0 Å². The van der Waals surface area contributed by atoms with Gasteiger partial charge in [-0.2, -0.15) is 0 Å². The highest BCUT2D eigenvalue weighted by Crippen LogP contribution is 2.20. The Morgan fingerprint density at radius 3 is 2.23 bits per heavy atom. The molecule has 4 rings (SSSR count). The molecule has 0 aliphatic carbocycles. The molecule has 0 unspecified atom stereocenters. The van der Waals surface area contributed by atoms with Crippen LogP contribution in [0.1, 0.15) is 12.5 Å². The first-order valence-electron chi connectivity index (χ1n) is 10.1. The van der Waals surface area contributed by atoms with Gasteiger partial charge < -0.3 is 15.1 Å². The van der Waals surface area contributed by atoms with Crippen LogP contribution >= 0.6 is 0 Å². The number of carbonyl (C=O) groups excluding carboxylic acids is 1. The molecule has 2 amide bonds. The molecule has 1 aliphatic heterocycles. The van der Waals surface area contributed by atoms with Crippen LogP contribution < -0.4 is 10.2 Å². The summed E-state index contributed by atoms with van der Waals surface area (Å²) in [5.74, 6) is 0.499. The summed E-state index contributed by atoms with van der Waals surface area (Å²) in [6.45, 7) is 4.70. The summed E-state index contributed by atoms with van der Waals surface area (Å²) in [5, 5.41) is 11.5. The number of nitrogens with one attached hydrogen (secondary N) is 1. The number of nitrogens with zero attached hydrogens (tertiary/aromatic N) is 4. The lowest BCUT2D eigenvalue weighted by atomic mass is 10.1. The topological polar surface area (TPSA) is 61.4 Å². The summed E-state index contributed by atoms with van der Waals surface area (Å²) in [4.78, 5) is 16.5. The monoisotopic (exact) mass is 405 g/mol. The van der Waals surface area contributed by atoms with Gasteiger partial charge in [0.2, 0.25) is 0 Å². The number of hydrogen-bond donors (Lipinski definition) is 1. The fraction of sp³-hybridized carbons (Fsp3) is 0.261. The van der Waals surface area contributed by atoms with Crippen LogP contribution in [0.4, 0.5) is 20.7 Å². The highest BCUT2D eigenvalue weighted by Gasteiger charge is 2.22. The lowest BCUT2D eigenvalue weighted by molar-refractivity contribution is 0.208. The molecule has 2 aromatic carbocycles. The molecule has 1 saturated heterocycles. The number of aromatic nitrogens is 2. The molecule has 0 bridgehead atoms. The van der Waals surface area contributed by atoms with E-state index in [0.29, 0.717) is 31.9 Å². The van der Waals surface area contributed by atoms with Crippen molar-refractivity contribution in [3.63, 3.8) is 0 Å². The third-order valence-corrected chi connectivity index (χ3v) is 5.29. The molecule has 0 radical (unpaired) electrons. The molecule has 154 valence electrons. The van der Waals surface area contributed by atoms with E-state index in [2.05, 4.69) is 27.3 Å². The summed E-state index contributed by atoms with van der Waals surface area (Å²) in [6.07, 6.45) is 0.976. The predicted octanol–water partition coefficient (Wildman–Crippen LogP) is 4.20. The Morgan fingerprint density at radius 1 is 0.933 bits per heavy atom. The molecule has 7 heteroatoms. The maximum Gasteiger partial charge on any atom is 0.321 e. The quantitative estimate of drug-likeness (QED) is 0.707. The van der Waals surface area contributed by atoms with Crippen LogP contribution in [-0.4, -0.2) is 47.3 Å². The van der Waals surface area contributed by atoms with Crippen molar-refractivity contribution in [1.29, 1.82) is 0 Å². The van der Waals surface area contributed by atoms with Gasteiger partial charge in [-0.15, -0.1) is 10.2 Å². The molecule has 1 fully saturated rings. The van der Waals surface area contributed by atoms with Crippen LogP contribution in [0.15, 0.2) is 60.7 Å². The lowest BCUT2D eigenvalue weighted by Gasteiger charge is -2.35. The molecule has 0 spiro atoms. The number of amides is 2. The van der Waals surface area contributed by atoms with Crippen LogP contribution in [0, 0.1) is 5.82 Å². The minimum Gasteiger partial charge on any atom is -0.352 e. The van der Waals surface area contributed by atoms with Gasteiger partial charge in [0.05, 0.1) is 5.69 Å². The molecular weight excluding hydrogens is 381 g/mol. The normalized spacial score (nSPS) is 13.9. The minimum absolute atomic E-state index is 0.0864. The van der Waals surface area contributed by atoms with Gasteiger partial charge in [0, 0.05) is 37.4 Å². The van der Waals surface area contributed by atoms with Crippen LogP contribution in [0.3, 0.4) is 0 Å². The van der Waals surface area contributed by atoms with E-state index in [9.17, 15) is 9.18 Å². The average Bonchev–Trinajstić information content (AvgIpc) is 2.80. The van der Waals surface area contributed by atoms with Crippen molar-refractivity contribution in [3.05, 3.63) is 72.0 Å². The van der Waals surface area contributed by atoms with Gasteiger partial charge in [-0.05, 0) is 60.5 Å². The van der Waals surface area contributed by atoms with Crippen LogP contribution in [-0.2, 0) is 6.42 Å². The molecular formula is C23H24FN5O. The largest absolute Gasteiger partial charge is 0.352 e. The molecule has 0 saturated carbocycles. The van der Waals surface area contributed by atoms with Crippen molar-refractivity contribution < 1.29 is 9.18 Å². The minimum atomic E-state index is -0.275. The lowest BCUT2D eigenvalue weighted by Crippen LogP contribution is -2.50. The Morgan fingerprint density at radius 2 is 1.63 bits per heavy atom. The molecule has 3 aromatic rings. The van der Waals surface area contributed by atoms with E-state index in [1.807, 2.05) is 41.3 Å². The van der Waals surface area contributed by atoms with Crippen molar-refractivity contribution in [2.75, 3.05) is 36.4 Å². The second-order valence-corrected chi connectivity index (χ2v) is 7.24. The fourth-order valence-electron chi connectivity index (χ4n) is 3.43. The summed E-state index contributed by atoms with van der Waals surface area (Å²) in [6, 6.07) is 17.8. The van der Waals surface area contributed by atoms with E-state index < -0.39 is 0 Å². The Balaban J connectivity index is 1.32. The maximum atomic E-state index is 13.1. The first kappa shape index (κ1) is 19.8. The zero-order chi connectivity index (χ0) is 20.9. The van der Waals surface area contributed by atoms with Crippen molar-refractivity contribution in [2.45, 2.75) is 13.3 Å². The number of carbonyl (C=O) groups is 1. The van der Waals surface area contributed by atoms with Crippen LogP contribution in [0.5, 0.6) is 0 Å². The highest BCUT2D eigenvalue weighted by molar-refractivity contribution is 5.89. The Kier molecular flexibility index (Phi) is 5.88. The summed E-state index contributed by atoms with van der Waals surface area (Å²) >= 11 is 0. The number of halogens is 1. The predicted molar refractivity (Wildman–Crippen MR) is 116 cm³/mol. The van der Waals surface area contributed by atoms with E-state index in [1.165, 1.54) is 17.7 Å². The number of benzene rings is 2. The van der Waals surface area contributed by atoms with E-state index in [0.717, 1.165) is 23.5 Å². The Bertz CT molecular complexity index is 982. The Labute approximate surface area is 175 Å². The third-order valence-electron chi connectivity index (χ3n) is 5.29. The van der Waals surface area contributed by atoms with Gasteiger partial charge in [0.1, 0.15) is 5.82 Å². The second kappa shape index (κ2) is 8.90. The van der Waals surface area contributed by atoms with Crippen LogP contribution in [0.2, 0.25) is 0 Å². The molecule has 0 atom stereocenters. The first-order valence-corrected chi connectivity index (χ1v) is 10.1. The number of hydrogen-bond acceptors (Lipinski definition) is 4. The molecule has 30 heavy (non-hydrogen) atoms. The highest BCUT2D eigenvalue weighted by atomic mass is 19.1. The zero-order valence-electron chi connectivity index (χ0n) is 16.9. The van der Waals surface area contributed by atoms with Crippen LogP contribution in [0.25, 0.3) is 11.3 Å². The summed E-state index contributed by atoms with van der Waals surface area (Å²) in [5.41, 5.74) is 3.57. The summed E-state index contributed by atoms with van der Waals surface area (Å²) < 4.78 is 13.1. The van der Waals surface area contributed by atoms with E-state index in [1.54, 1.807) is 12.1 Å². The van der Waals surface area contributed by atoms with Gasteiger partial charge in [-0.1, -0.05) is 19.1 Å². The molecule has 2 heterocycles. The SMILES string of the molecule is CCc1ccc(NC(=O)N2CCN(c3ccc(-c4ccc(F)cc4)nn3)CC2)cc1. The number of piperazine rings is 1. The standard InChI is InChI=1S/C23H24FN5O/c1-2-17-3-9-20(10-4-17)25-23(30)29-15-13-28(14-16-29)22-12-11-21(26-27-22)18-5-7-19(24)8-6-18/h3-12H,2,13-16H2,1H3,(H,25,30). The Hall–Kier alpha value is -3.48. The smallest absolute Gasteiger partial charge is 0.321 e. The molecule has 6 nitrogen and oxygen atoms in total. The van der Waals surface area contributed by atoms with Crippen molar-refractivity contribution in [1.82, 2.24) is 15.1 Å². The van der Waals surface area contributed by atoms with E-state index >= 15 is 0 Å². The van der Waals surface area contributed by atoms with Crippen molar-refractivity contribution in [2.24, 2.45) is 0 Å². The average molecular weight is 405 g/mol. The van der Waals surface area contributed by atoms with Gasteiger partial charge >= 0.3 is 6.03 Å². The molecule has 1 N–H and O–H groups in total. The number of rotatable bonds is 4. The van der Waals surface area contributed by atoms with E-state index in [-0.39, 0.29) is 11.8 Å². The molecule has 1 aliphatic rings. The number of anilines is 2. The summed E-state index contributed by atoms with van der Waals surface area (Å²) in [7, 11) is 0. The van der Waals surface area contributed by atoms with Gasteiger partial charge in [0.15, 0.2) is 5.82 Å².